The number of rotatable bonds is 6. The average molecular weight is 366 g/mol. The van der Waals surface area contributed by atoms with Crippen molar-refractivity contribution >= 4 is 16.8 Å². The highest BCUT2D eigenvalue weighted by molar-refractivity contribution is 6.07. The number of aromatic hydroxyl groups is 1. The maximum Gasteiger partial charge on any atom is 0.163 e. The van der Waals surface area contributed by atoms with Crippen LogP contribution in [-0.4, -0.2) is 52.4 Å². The Balaban J connectivity index is 1.61. The topological polar surface area (TPSA) is 100 Å². The van der Waals surface area contributed by atoms with Crippen LogP contribution in [0.15, 0.2) is 36.5 Å². The van der Waals surface area contributed by atoms with Crippen molar-refractivity contribution in [3.63, 3.8) is 0 Å². The number of benzene rings is 1. The number of Topliss-reactive ketones (excluding diaryl/α,β-unsaturated/α-hetero) is 1. The molecule has 1 aliphatic heterocycles. The lowest BCUT2D eigenvalue weighted by atomic mass is 9.95. The first kappa shape index (κ1) is 17.6. The highest BCUT2D eigenvalue weighted by atomic mass is 16.5. The molecule has 140 valence electrons. The molecule has 1 unspecified atom stereocenters. The number of ether oxygens (including phenoxy) is 1. The van der Waals surface area contributed by atoms with E-state index in [4.69, 9.17) is 4.74 Å². The molecule has 3 N–H and O–H groups in total. The van der Waals surface area contributed by atoms with Crippen LogP contribution in [0.5, 0.6) is 5.75 Å². The molecule has 3 heterocycles. The molecule has 7 heteroatoms. The molecular formula is C20H22N4O3. The lowest BCUT2D eigenvalue weighted by Crippen LogP contribution is -2.21. The van der Waals surface area contributed by atoms with Crippen LogP contribution in [0.4, 0.5) is 0 Å². The van der Waals surface area contributed by atoms with Gasteiger partial charge in [0, 0.05) is 43.1 Å². The summed E-state index contributed by atoms with van der Waals surface area (Å²) in [4.78, 5) is 17.5. The van der Waals surface area contributed by atoms with E-state index in [0.717, 1.165) is 30.5 Å². The third-order valence-corrected chi connectivity index (χ3v) is 5.21. The van der Waals surface area contributed by atoms with E-state index in [-0.39, 0.29) is 17.6 Å². The van der Waals surface area contributed by atoms with E-state index >= 15 is 0 Å². The number of phenols is 1. The Kier molecular flexibility index (Phi) is 4.87. The molecule has 0 amide bonds. The number of phenolic OH excluding ortho intramolecular Hbond substituents is 1. The molecule has 1 aliphatic rings. The van der Waals surface area contributed by atoms with Gasteiger partial charge in [0.05, 0.1) is 18.0 Å². The first-order chi connectivity index (χ1) is 13.2. The summed E-state index contributed by atoms with van der Waals surface area (Å²) in [7, 11) is 1.72. The molecule has 1 saturated heterocycles. The van der Waals surface area contributed by atoms with Crippen LogP contribution < -0.4 is 5.32 Å². The Morgan fingerprint density at radius 2 is 2.11 bits per heavy atom. The van der Waals surface area contributed by atoms with Gasteiger partial charge in [0.1, 0.15) is 5.75 Å². The summed E-state index contributed by atoms with van der Waals surface area (Å²) < 4.78 is 5.49. The maximum atomic E-state index is 13.0. The molecule has 0 spiro atoms. The molecule has 1 fully saturated rings. The van der Waals surface area contributed by atoms with Gasteiger partial charge >= 0.3 is 0 Å². The average Bonchev–Trinajstić information content (AvgIpc) is 3.34. The van der Waals surface area contributed by atoms with Gasteiger partial charge in [-0.2, -0.15) is 5.10 Å². The summed E-state index contributed by atoms with van der Waals surface area (Å²) in [6.45, 7) is 1.71. The SMILES string of the molecule is CO[C@H]1CNCC1CCC(=O)c1cc(-c2ccc(O)cc2)nc2[nH]ncc12. The molecule has 1 aromatic carbocycles. The number of carbonyl (C=O) groups is 1. The number of carbonyl (C=O) groups excluding carboxylic acids is 1. The third-order valence-electron chi connectivity index (χ3n) is 5.21. The van der Waals surface area contributed by atoms with Gasteiger partial charge in [-0.1, -0.05) is 0 Å². The fourth-order valence-electron chi connectivity index (χ4n) is 3.66. The van der Waals surface area contributed by atoms with Crippen molar-refractivity contribution in [3.05, 3.63) is 42.1 Å². The van der Waals surface area contributed by atoms with Crippen LogP contribution in [0.2, 0.25) is 0 Å². The molecule has 4 rings (SSSR count). The highest BCUT2D eigenvalue weighted by Crippen LogP contribution is 2.27. The summed E-state index contributed by atoms with van der Waals surface area (Å²) >= 11 is 0. The summed E-state index contributed by atoms with van der Waals surface area (Å²) in [5.74, 6) is 0.610. The van der Waals surface area contributed by atoms with Gasteiger partial charge in [-0.3, -0.25) is 9.89 Å². The Labute approximate surface area is 156 Å². The van der Waals surface area contributed by atoms with E-state index in [1.54, 1.807) is 37.6 Å². The predicted octanol–water partition coefficient (Wildman–Crippen LogP) is 2.53. The standard InChI is InChI=1S/C20H22N4O3/c1-27-19-11-21-9-13(19)4-7-18(26)15-8-17(12-2-5-14(25)6-3-12)23-20-16(15)10-22-24-20/h2-3,5-6,8,10,13,19,21,25H,4,7,9,11H2,1H3,(H,22,23,24)/t13?,19-/m0/s1. The minimum Gasteiger partial charge on any atom is -0.508 e. The van der Waals surface area contributed by atoms with Crippen molar-refractivity contribution in [1.29, 1.82) is 0 Å². The first-order valence-electron chi connectivity index (χ1n) is 9.06. The molecule has 0 aliphatic carbocycles. The quantitative estimate of drug-likeness (QED) is 0.580. The van der Waals surface area contributed by atoms with E-state index in [0.29, 0.717) is 29.2 Å². The van der Waals surface area contributed by atoms with Crippen LogP contribution >= 0.6 is 0 Å². The number of nitrogens with zero attached hydrogens (tertiary/aromatic N) is 2. The summed E-state index contributed by atoms with van der Waals surface area (Å²) in [6.07, 6.45) is 3.04. The zero-order chi connectivity index (χ0) is 18.8. The monoisotopic (exact) mass is 366 g/mol. The number of pyridine rings is 1. The van der Waals surface area contributed by atoms with Crippen molar-refractivity contribution in [1.82, 2.24) is 20.5 Å². The van der Waals surface area contributed by atoms with Crippen molar-refractivity contribution < 1.29 is 14.6 Å². The van der Waals surface area contributed by atoms with Crippen LogP contribution in [0.25, 0.3) is 22.3 Å². The number of hydrogen-bond acceptors (Lipinski definition) is 6. The van der Waals surface area contributed by atoms with Gasteiger partial charge in [0.2, 0.25) is 0 Å². The molecule has 3 aromatic rings. The highest BCUT2D eigenvalue weighted by Gasteiger charge is 2.27. The second kappa shape index (κ2) is 7.46. The summed E-state index contributed by atoms with van der Waals surface area (Å²) in [6, 6.07) is 8.58. The van der Waals surface area contributed by atoms with Gasteiger partial charge in [-0.25, -0.2) is 4.98 Å². The number of ketones is 1. The van der Waals surface area contributed by atoms with E-state index in [9.17, 15) is 9.90 Å². The van der Waals surface area contributed by atoms with Gasteiger partial charge in [-0.15, -0.1) is 0 Å². The lowest BCUT2D eigenvalue weighted by Gasteiger charge is -2.16. The number of fused-ring (bicyclic) bond motifs is 1. The van der Waals surface area contributed by atoms with Crippen LogP contribution in [0, 0.1) is 5.92 Å². The van der Waals surface area contributed by atoms with Gasteiger partial charge in [0.15, 0.2) is 11.4 Å². The molecule has 0 bridgehead atoms. The van der Waals surface area contributed by atoms with E-state index in [1.807, 2.05) is 6.07 Å². The summed E-state index contributed by atoms with van der Waals surface area (Å²) in [5.41, 5.74) is 2.71. The number of hydrogen-bond donors (Lipinski definition) is 3. The van der Waals surface area contributed by atoms with Crippen LogP contribution in [-0.2, 0) is 4.74 Å². The number of nitrogens with one attached hydrogen (secondary N) is 2. The maximum absolute atomic E-state index is 13.0. The number of aromatic amines is 1. The molecule has 2 aromatic heterocycles. The molecule has 0 saturated carbocycles. The Bertz CT molecular complexity index is 952. The van der Waals surface area contributed by atoms with Crippen molar-refractivity contribution in [2.45, 2.75) is 18.9 Å². The number of aromatic nitrogens is 3. The van der Waals surface area contributed by atoms with Crippen molar-refractivity contribution in [2.24, 2.45) is 5.92 Å². The van der Waals surface area contributed by atoms with Crippen molar-refractivity contribution in [3.8, 4) is 17.0 Å². The second-order valence-corrected chi connectivity index (χ2v) is 6.89. The smallest absolute Gasteiger partial charge is 0.163 e. The zero-order valence-corrected chi connectivity index (χ0v) is 15.1. The Hall–Kier alpha value is -2.77. The number of methoxy groups -OCH3 is 1. The van der Waals surface area contributed by atoms with Crippen molar-refractivity contribution in [2.75, 3.05) is 20.2 Å². The molecule has 2 atom stereocenters. The van der Waals surface area contributed by atoms with Gasteiger partial charge in [-0.05, 0) is 42.7 Å². The van der Waals surface area contributed by atoms with Crippen LogP contribution in [0.3, 0.4) is 0 Å². The Morgan fingerprint density at radius 1 is 1.30 bits per heavy atom. The minimum atomic E-state index is 0.0746. The predicted molar refractivity (Wildman–Crippen MR) is 102 cm³/mol. The largest absolute Gasteiger partial charge is 0.508 e. The molecular weight excluding hydrogens is 344 g/mol. The molecule has 0 radical (unpaired) electrons. The van der Waals surface area contributed by atoms with E-state index in [1.165, 1.54) is 0 Å². The molecule has 7 nitrogen and oxygen atoms in total. The summed E-state index contributed by atoms with van der Waals surface area (Å²) in [5, 5.41) is 20.4. The number of H-pyrrole nitrogens is 1. The van der Waals surface area contributed by atoms with Crippen LogP contribution in [0.1, 0.15) is 23.2 Å². The second-order valence-electron chi connectivity index (χ2n) is 6.89. The van der Waals surface area contributed by atoms with Gasteiger partial charge in [0.25, 0.3) is 0 Å². The lowest BCUT2D eigenvalue weighted by molar-refractivity contribution is 0.0762. The Morgan fingerprint density at radius 3 is 2.89 bits per heavy atom. The van der Waals surface area contributed by atoms with Gasteiger partial charge < -0.3 is 15.2 Å². The minimum absolute atomic E-state index is 0.0746. The first-order valence-corrected chi connectivity index (χ1v) is 9.06. The fourth-order valence-corrected chi connectivity index (χ4v) is 3.66. The molecule has 27 heavy (non-hydrogen) atoms. The van der Waals surface area contributed by atoms with E-state index < -0.39 is 0 Å². The third kappa shape index (κ3) is 3.56. The van der Waals surface area contributed by atoms with E-state index in [2.05, 4.69) is 20.5 Å². The fraction of sp³-hybridized carbons (Fsp3) is 0.350. The normalized spacial score (nSPS) is 19.6. The zero-order valence-electron chi connectivity index (χ0n) is 15.1.